The van der Waals surface area contributed by atoms with Gasteiger partial charge in [-0.05, 0) is 50.5 Å². The van der Waals surface area contributed by atoms with Crippen LogP contribution in [-0.4, -0.2) is 6.03 Å². The summed E-state index contributed by atoms with van der Waals surface area (Å²) in [7, 11) is 0. The minimum atomic E-state index is -0.183. The van der Waals surface area contributed by atoms with Gasteiger partial charge in [0.25, 0.3) is 0 Å². The molecule has 0 spiro atoms. The Morgan fingerprint density at radius 2 is 1.71 bits per heavy atom. The lowest BCUT2D eigenvalue weighted by atomic mass is 10.0. The van der Waals surface area contributed by atoms with Gasteiger partial charge in [0.2, 0.25) is 0 Å². The van der Waals surface area contributed by atoms with Gasteiger partial charge in [0.1, 0.15) is 0 Å². The number of hydrogen-bond acceptors (Lipinski definition) is 1. The molecule has 3 nitrogen and oxygen atoms in total. The molecular formula is C18H22N2O. The van der Waals surface area contributed by atoms with Crippen molar-refractivity contribution in [3.8, 4) is 0 Å². The van der Waals surface area contributed by atoms with Crippen LogP contribution in [0.5, 0.6) is 0 Å². The number of aryl methyl sites for hydroxylation is 3. The highest BCUT2D eigenvalue weighted by Gasteiger charge is 2.11. The van der Waals surface area contributed by atoms with Crippen molar-refractivity contribution in [2.45, 2.75) is 33.7 Å². The van der Waals surface area contributed by atoms with Gasteiger partial charge in [-0.25, -0.2) is 4.79 Å². The summed E-state index contributed by atoms with van der Waals surface area (Å²) in [6.45, 7) is 8.07. The zero-order valence-corrected chi connectivity index (χ0v) is 13.0. The Bertz CT molecular complexity index is 649. The van der Waals surface area contributed by atoms with Crippen LogP contribution < -0.4 is 10.6 Å². The van der Waals surface area contributed by atoms with E-state index in [4.69, 9.17) is 0 Å². The molecule has 2 aromatic rings. The quantitative estimate of drug-likeness (QED) is 0.855. The molecule has 0 aliphatic heterocycles. The third-order valence-electron chi connectivity index (χ3n) is 3.63. The van der Waals surface area contributed by atoms with Gasteiger partial charge in [0.15, 0.2) is 0 Å². The predicted molar refractivity (Wildman–Crippen MR) is 87.7 cm³/mol. The summed E-state index contributed by atoms with van der Waals surface area (Å²) in [6, 6.07) is 13.8. The number of anilines is 1. The normalized spacial score (nSPS) is 11.8. The van der Waals surface area contributed by atoms with Crippen molar-refractivity contribution in [1.29, 1.82) is 0 Å². The largest absolute Gasteiger partial charge is 0.331 e. The molecule has 21 heavy (non-hydrogen) atoms. The first-order valence-electron chi connectivity index (χ1n) is 7.17. The van der Waals surface area contributed by atoms with E-state index in [2.05, 4.69) is 29.7 Å². The summed E-state index contributed by atoms with van der Waals surface area (Å²) < 4.78 is 0. The highest BCUT2D eigenvalue weighted by molar-refractivity contribution is 5.90. The van der Waals surface area contributed by atoms with Gasteiger partial charge in [-0.2, -0.15) is 0 Å². The van der Waals surface area contributed by atoms with E-state index in [0.717, 1.165) is 16.8 Å². The van der Waals surface area contributed by atoms with E-state index in [-0.39, 0.29) is 12.1 Å². The monoisotopic (exact) mass is 282 g/mol. The average Bonchev–Trinajstić information content (AvgIpc) is 2.42. The lowest BCUT2D eigenvalue weighted by molar-refractivity contribution is 0.249. The lowest BCUT2D eigenvalue weighted by Gasteiger charge is -2.17. The Balaban J connectivity index is 2.03. The molecule has 2 rings (SSSR count). The molecule has 0 unspecified atom stereocenters. The van der Waals surface area contributed by atoms with Gasteiger partial charge >= 0.3 is 6.03 Å². The van der Waals surface area contributed by atoms with Crippen LogP contribution in [-0.2, 0) is 0 Å². The van der Waals surface area contributed by atoms with Gasteiger partial charge in [-0.3, -0.25) is 0 Å². The van der Waals surface area contributed by atoms with E-state index in [0.29, 0.717) is 0 Å². The summed E-state index contributed by atoms with van der Waals surface area (Å²) in [5.41, 5.74) is 5.40. The van der Waals surface area contributed by atoms with Crippen molar-refractivity contribution < 1.29 is 4.79 Å². The molecule has 0 saturated carbocycles. The molecule has 2 amide bonds. The zero-order valence-electron chi connectivity index (χ0n) is 13.0. The Morgan fingerprint density at radius 3 is 2.38 bits per heavy atom. The maximum absolute atomic E-state index is 12.1. The number of nitrogens with one attached hydrogen (secondary N) is 2. The van der Waals surface area contributed by atoms with E-state index in [1.54, 1.807) is 0 Å². The summed E-state index contributed by atoms with van der Waals surface area (Å²) in [5.74, 6) is 0. The van der Waals surface area contributed by atoms with E-state index >= 15 is 0 Å². The first kappa shape index (κ1) is 15.1. The first-order valence-corrected chi connectivity index (χ1v) is 7.17. The third-order valence-corrected chi connectivity index (χ3v) is 3.63. The molecule has 0 fully saturated rings. The van der Waals surface area contributed by atoms with Gasteiger partial charge in [-0.15, -0.1) is 0 Å². The molecule has 0 bridgehead atoms. The molecular weight excluding hydrogens is 260 g/mol. The Kier molecular flexibility index (Phi) is 4.63. The highest BCUT2D eigenvalue weighted by Crippen LogP contribution is 2.18. The fourth-order valence-corrected chi connectivity index (χ4v) is 2.46. The number of benzene rings is 2. The SMILES string of the molecule is Cc1ccc(NC(=O)N[C@H](C)c2ccccc2C)c(C)c1. The molecule has 0 radical (unpaired) electrons. The topological polar surface area (TPSA) is 41.1 Å². The molecule has 0 aliphatic carbocycles. The van der Waals surface area contributed by atoms with E-state index in [9.17, 15) is 4.79 Å². The third kappa shape index (κ3) is 3.85. The van der Waals surface area contributed by atoms with Crippen LogP contribution in [0, 0.1) is 20.8 Å². The van der Waals surface area contributed by atoms with E-state index < -0.39 is 0 Å². The molecule has 110 valence electrons. The maximum atomic E-state index is 12.1. The Morgan fingerprint density at radius 1 is 1.00 bits per heavy atom. The van der Waals surface area contributed by atoms with Crippen LogP contribution in [0.1, 0.15) is 35.2 Å². The minimum Gasteiger partial charge on any atom is -0.331 e. The Hall–Kier alpha value is -2.29. The van der Waals surface area contributed by atoms with Crippen LogP contribution in [0.2, 0.25) is 0 Å². The smallest absolute Gasteiger partial charge is 0.319 e. The van der Waals surface area contributed by atoms with Gasteiger partial charge in [0, 0.05) is 5.69 Å². The summed E-state index contributed by atoms with van der Waals surface area (Å²) in [4.78, 5) is 12.1. The molecule has 1 atom stereocenters. The van der Waals surface area contributed by atoms with Crippen molar-refractivity contribution in [2.24, 2.45) is 0 Å². The number of urea groups is 1. The number of hydrogen-bond donors (Lipinski definition) is 2. The fourth-order valence-electron chi connectivity index (χ4n) is 2.46. The molecule has 0 aromatic heterocycles. The summed E-state index contributed by atoms with van der Waals surface area (Å²) in [6.07, 6.45) is 0. The van der Waals surface area contributed by atoms with Crippen molar-refractivity contribution >= 4 is 11.7 Å². The standard InChI is InChI=1S/C18H22N2O/c1-12-9-10-17(14(3)11-12)20-18(21)19-15(4)16-8-6-5-7-13(16)2/h5-11,15H,1-4H3,(H2,19,20,21)/t15-/m1/s1. The highest BCUT2D eigenvalue weighted by atomic mass is 16.2. The van der Waals surface area contributed by atoms with Crippen LogP contribution >= 0.6 is 0 Å². The van der Waals surface area contributed by atoms with Crippen molar-refractivity contribution in [1.82, 2.24) is 5.32 Å². The van der Waals surface area contributed by atoms with Gasteiger partial charge in [0.05, 0.1) is 6.04 Å². The maximum Gasteiger partial charge on any atom is 0.319 e. The molecule has 2 N–H and O–H groups in total. The first-order chi connectivity index (χ1) is 9.97. The van der Waals surface area contributed by atoms with Crippen LogP contribution in [0.15, 0.2) is 42.5 Å². The molecule has 3 heteroatoms. The summed E-state index contributed by atoms with van der Waals surface area (Å²) in [5, 5.41) is 5.88. The molecule has 0 saturated heterocycles. The van der Waals surface area contributed by atoms with Crippen molar-refractivity contribution in [3.63, 3.8) is 0 Å². The van der Waals surface area contributed by atoms with Gasteiger partial charge < -0.3 is 10.6 Å². The lowest BCUT2D eigenvalue weighted by Crippen LogP contribution is -2.31. The van der Waals surface area contributed by atoms with Crippen molar-refractivity contribution in [3.05, 3.63) is 64.7 Å². The number of carbonyl (C=O) groups is 1. The minimum absolute atomic E-state index is 0.0306. The second-order valence-corrected chi connectivity index (χ2v) is 5.50. The molecule has 0 aliphatic rings. The second-order valence-electron chi connectivity index (χ2n) is 5.50. The zero-order chi connectivity index (χ0) is 15.4. The number of carbonyl (C=O) groups excluding carboxylic acids is 1. The average molecular weight is 282 g/mol. The van der Waals surface area contributed by atoms with Gasteiger partial charge in [-0.1, -0.05) is 42.0 Å². The molecule has 0 heterocycles. The summed E-state index contributed by atoms with van der Waals surface area (Å²) >= 11 is 0. The van der Waals surface area contributed by atoms with E-state index in [1.807, 2.05) is 51.1 Å². The molecule has 2 aromatic carbocycles. The van der Waals surface area contributed by atoms with Crippen LogP contribution in [0.25, 0.3) is 0 Å². The van der Waals surface area contributed by atoms with Crippen molar-refractivity contribution in [2.75, 3.05) is 5.32 Å². The Labute approximate surface area is 126 Å². The van der Waals surface area contributed by atoms with Crippen LogP contribution in [0.4, 0.5) is 10.5 Å². The van der Waals surface area contributed by atoms with E-state index in [1.165, 1.54) is 11.1 Å². The number of rotatable bonds is 3. The fraction of sp³-hybridized carbons (Fsp3) is 0.278. The number of amides is 2. The predicted octanol–water partition coefficient (Wildman–Crippen LogP) is 4.49. The second kappa shape index (κ2) is 6.44. The van der Waals surface area contributed by atoms with Crippen LogP contribution in [0.3, 0.4) is 0 Å².